The number of hydrogen-bond acceptors (Lipinski definition) is 4. The second-order valence-electron chi connectivity index (χ2n) is 4.94. The number of hydrogen-bond donors (Lipinski definition) is 1. The van der Waals surface area contributed by atoms with Crippen molar-refractivity contribution in [1.29, 1.82) is 0 Å². The normalized spacial score (nSPS) is 14.0. The summed E-state index contributed by atoms with van der Waals surface area (Å²) in [6.45, 7) is 0.956. The van der Waals surface area contributed by atoms with Crippen LogP contribution in [-0.4, -0.2) is 25.2 Å². The molecule has 1 fully saturated rings. The van der Waals surface area contributed by atoms with Crippen molar-refractivity contribution in [1.82, 2.24) is 0 Å². The molecule has 114 valence electrons. The molecule has 0 unspecified atom stereocenters. The fraction of sp³-hybridized carbons (Fsp3) is 0.250. The lowest BCUT2D eigenvalue weighted by Gasteiger charge is -2.13. The van der Waals surface area contributed by atoms with E-state index in [1.165, 1.54) is 0 Å². The molecule has 2 aromatic rings. The second-order valence-corrected chi connectivity index (χ2v) is 4.94. The van der Waals surface area contributed by atoms with E-state index in [0.29, 0.717) is 31.7 Å². The summed E-state index contributed by atoms with van der Waals surface area (Å²) in [5.41, 5.74) is 1.46. The molecule has 0 spiro atoms. The van der Waals surface area contributed by atoms with E-state index in [1.807, 2.05) is 6.07 Å². The molecular formula is C16H16N2O4. The largest absolute Gasteiger partial charge is 0.469 e. The number of carbonyl (C=O) groups excluding carboxylic acids is 2. The van der Waals surface area contributed by atoms with Crippen molar-refractivity contribution in [3.63, 3.8) is 0 Å². The third kappa shape index (κ3) is 3.28. The van der Waals surface area contributed by atoms with Crippen molar-refractivity contribution >= 4 is 23.4 Å². The molecule has 2 amide bonds. The van der Waals surface area contributed by atoms with Crippen LogP contribution >= 0.6 is 0 Å². The highest BCUT2D eigenvalue weighted by molar-refractivity contribution is 5.92. The van der Waals surface area contributed by atoms with Gasteiger partial charge in [0.1, 0.15) is 12.4 Å². The number of aryl methyl sites for hydroxylation is 1. The lowest BCUT2D eigenvalue weighted by molar-refractivity contribution is -0.116. The summed E-state index contributed by atoms with van der Waals surface area (Å²) < 4.78 is 10.1. The van der Waals surface area contributed by atoms with Crippen LogP contribution in [0.25, 0.3) is 0 Å². The Hall–Kier alpha value is -2.76. The first-order valence-electron chi connectivity index (χ1n) is 7.09. The van der Waals surface area contributed by atoms with Crippen LogP contribution < -0.4 is 10.2 Å². The van der Waals surface area contributed by atoms with Gasteiger partial charge in [-0.15, -0.1) is 0 Å². The highest BCUT2D eigenvalue weighted by Crippen LogP contribution is 2.21. The summed E-state index contributed by atoms with van der Waals surface area (Å²) in [5.74, 6) is 0.711. The number of carbonyl (C=O) groups is 2. The molecule has 6 heteroatoms. The van der Waals surface area contributed by atoms with Gasteiger partial charge in [0.05, 0.1) is 12.8 Å². The Labute approximate surface area is 127 Å². The van der Waals surface area contributed by atoms with Crippen LogP contribution in [0.5, 0.6) is 0 Å². The van der Waals surface area contributed by atoms with Gasteiger partial charge in [0.2, 0.25) is 5.91 Å². The van der Waals surface area contributed by atoms with Crippen molar-refractivity contribution in [2.24, 2.45) is 0 Å². The lowest BCUT2D eigenvalue weighted by atomic mass is 10.2. The average Bonchev–Trinajstić information content (AvgIpc) is 3.17. The van der Waals surface area contributed by atoms with E-state index in [4.69, 9.17) is 9.15 Å². The lowest BCUT2D eigenvalue weighted by Crippen LogP contribution is -2.23. The summed E-state index contributed by atoms with van der Waals surface area (Å²) in [7, 11) is 0. The Morgan fingerprint density at radius 3 is 2.68 bits per heavy atom. The third-order valence-electron chi connectivity index (χ3n) is 3.40. The molecule has 1 aliphatic rings. The van der Waals surface area contributed by atoms with Crippen LogP contribution in [0.4, 0.5) is 16.2 Å². The zero-order chi connectivity index (χ0) is 15.4. The Balaban J connectivity index is 1.54. The fourth-order valence-electron chi connectivity index (χ4n) is 2.27. The standard InChI is InChI=1S/C16H16N2O4/c19-15(8-7-14-2-1-10-21-14)17-12-3-5-13(6-4-12)18-9-11-22-16(18)20/h1-6,10H,7-9,11H2,(H,17,19). The zero-order valence-electron chi connectivity index (χ0n) is 12.0. The van der Waals surface area contributed by atoms with Gasteiger partial charge in [0.15, 0.2) is 0 Å². The Kier molecular flexibility index (Phi) is 4.09. The summed E-state index contributed by atoms with van der Waals surface area (Å²) in [6, 6.07) is 10.8. The third-order valence-corrected chi connectivity index (χ3v) is 3.40. The maximum atomic E-state index is 11.9. The fourth-order valence-corrected chi connectivity index (χ4v) is 2.27. The first kappa shape index (κ1) is 14.2. The smallest absolute Gasteiger partial charge is 0.414 e. The SMILES string of the molecule is O=C(CCc1ccco1)Nc1ccc(N2CCOC2=O)cc1. The van der Waals surface area contributed by atoms with Crippen molar-refractivity contribution in [2.75, 3.05) is 23.4 Å². The van der Waals surface area contributed by atoms with Gasteiger partial charge in [0.25, 0.3) is 0 Å². The number of rotatable bonds is 5. The van der Waals surface area contributed by atoms with Gasteiger partial charge in [-0.05, 0) is 36.4 Å². The quantitative estimate of drug-likeness (QED) is 0.921. The number of furan rings is 1. The van der Waals surface area contributed by atoms with Gasteiger partial charge in [-0.1, -0.05) is 0 Å². The average molecular weight is 300 g/mol. The summed E-state index contributed by atoms with van der Waals surface area (Å²) in [6.07, 6.45) is 2.18. The van der Waals surface area contributed by atoms with E-state index < -0.39 is 0 Å². The topological polar surface area (TPSA) is 71.8 Å². The van der Waals surface area contributed by atoms with E-state index in [2.05, 4.69) is 5.32 Å². The summed E-state index contributed by atoms with van der Waals surface area (Å²) in [5, 5.41) is 2.82. The molecule has 0 radical (unpaired) electrons. The van der Waals surface area contributed by atoms with Crippen molar-refractivity contribution < 1.29 is 18.7 Å². The predicted molar refractivity (Wildman–Crippen MR) is 80.8 cm³/mol. The Morgan fingerprint density at radius 2 is 2.05 bits per heavy atom. The van der Waals surface area contributed by atoms with Crippen molar-refractivity contribution in [3.8, 4) is 0 Å². The molecule has 1 N–H and O–H groups in total. The minimum atomic E-state index is -0.338. The molecule has 1 aromatic heterocycles. The molecule has 2 heterocycles. The minimum Gasteiger partial charge on any atom is -0.469 e. The van der Waals surface area contributed by atoms with Crippen molar-refractivity contribution in [3.05, 3.63) is 48.4 Å². The molecular weight excluding hydrogens is 284 g/mol. The van der Waals surface area contributed by atoms with E-state index >= 15 is 0 Å². The highest BCUT2D eigenvalue weighted by Gasteiger charge is 2.23. The first-order valence-corrected chi connectivity index (χ1v) is 7.09. The van der Waals surface area contributed by atoms with Crippen LogP contribution in [-0.2, 0) is 16.0 Å². The highest BCUT2D eigenvalue weighted by atomic mass is 16.6. The number of cyclic esters (lactones) is 1. The van der Waals surface area contributed by atoms with Crippen LogP contribution in [0.15, 0.2) is 47.1 Å². The van der Waals surface area contributed by atoms with E-state index in [-0.39, 0.29) is 12.0 Å². The monoisotopic (exact) mass is 300 g/mol. The number of nitrogens with one attached hydrogen (secondary N) is 1. The van der Waals surface area contributed by atoms with E-state index in [0.717, 1.165) is 11.4 Å². The molecule has 0 saturated carbocycles. The Morgan fingerprint density at radius 1 is 1.23 bits per heavy atom. The molecule has 6 nitrogen and oxygen atoms in total. The maximum Gasteiger partial charge on any atom is 0.414 e. The predicted octanol–water partition coefficient (Wildman–Crippen LogP) is 2.81. The molecule has 1 aliphatic heterocycles. The second kappa shape index (κ2) is 6.34. The molecule has 0 bridgehead atoms. The minimum absolute atomic E-state index is 0.0790. The van der Waals surface area contributed by atoms with Gasteiger partial charge >= 0.3 is 6.09 Å². The van der Waals surface area contributed by atoms with Crippen LogP contribution in [0, 0.1) is 0 Å². The summed E-state index contributed by atoms with van der Waals surface area (Å²) >= 11 is 0. The molecule has 3 rings (SSSR count). The van der Waals surface area contributed by atoms with Gasteiger partial charge in [-0.25, -0.2) is 4.79 Å². The Bertz CT molecular complexity index is 649. The molecule has 22 heavy (non-hydrogen) atoms. The van der Waals surface area contributed by atoms with Gasteiger partial charge in [0, 0.05) is 24.2 Å². The maximum absolute atomic E-state index is 11.9. The molecule has 0 aliphatic carbocycles. The number of anilines is 2. The molecule has 0 atom stereocenters. The molecule has 1 saturated heterocycles. The van der Waals surface area contributed by atoms with Crippen molar-refractivity contribution in [2.45, 2.75) is 12.8 Å². The number of amides is 2. The number of benzene rings is 1. The number of ether oxygens (including phenoxy) is 1. The van der Waals surface area contributed by atoms with Gasteiger partial charge in [-0.3, -0.25) is 9.69 Å². The van der Waals surface area contributed by atoms with Crippen LogP contribution in [0.1, 0.15) is 12.2 Å². The summed E-state index contributed by atoms with van der Waals surface area (Å²) in [4.78, 5) is 24.9. The first-order chi connectivity index (χ1) is 10.7. The number of nitrogens with zero attached hydrogens (tertiary/aromatic N) is 1. The van der Waals surface area contributed by atoms with E-state index in [9.17, 15) is 9.59 Å². The molecule has 1 aromatic carbocycles. The van der Waals surface area contributed by atoms with E-state index in [1.54, 1.807) is 41.5 Å². The van der Waals surface area contributed by atoms with Gasteiger partial charge in [-0.2, -0.15) is 0 Å². The van der Waals surface area contributed by atoms with Crippen LogP contribution in [0.2, 0.25) is 0 Å². The van der Waals surface area contributed by atoms with Gasteiger partial charge < -0.3 is 14.5 Å². The van der Waals surface area contributed by atoms with Crippen LogP contribution in [0.3, 0.4) is 0 Å². The zero-order valence-corrected chi connectivity index (χ0v) is 12.0.